The number of piperidine rings is 1. The molecular weight excluding hydrogens is 384 g/mol. The maximum atomic E-state index is 12.3. The van der Waals surface area contributed by atoms with Gasteiger partial charge in [0.2, 0.25) is 12.7 Å². The van der Waals surface area contributed by atoms with E-state index in [-0.39, 0.29) is 12.7 Å². The topological polar surface area (TPSA) is 93.9 Å². The number of carbonyl (C=O) groups is 1. The molecule has 1 saturated heterocycles. The molecule has 1 fully saturated rings. The Morgan fingerprint density at radius 1 is 1.03 bits per heavy atom. The summed E-state index contributed by atoms with van der Waals surface area (Å²) in [5.74, 6) is 3.04. The predicted molar refractivity (Wildman–Crippen MR) is 110 cm³/mol. The van der Waals surface area contributed by atoms with Gasteiger partial charge in [0.25, 0.3) is 0 Å². The number of aromatic nitrogens is 4. The molecule has 2 aliphatic rings. The molecule has 1 amide bonds. The van der Waals surface area contributed by atoms with Crippen molar-refractivity contribution in [2.24, 2.45) is 0 Å². The highest BCUT2D eigenvalue weighted by molar-refractivity contribution is 5.76. The Balaban J connectivity index is 1.19. The number of benzene rings is 1. The zero-order chi connectivity index (χ0) is 20.3. The van der Waals surface area contributed by atoms with Crippen LogP contribution in [0.15, 0.2) is 30.3 Å². The molecule has 4 heterocycles. The average Bonchev–Trinajstić information content (AvgIpc) is 3.42. The van der Waals surface area contributed by atoms with Crippen LogP contribution in [-0.2, 0) is 17.8 Å². The number of anilines is 1. The molecule has 9 nitrogen and oxygen atoms in total. The van der Waals surface area contributed by atoms with Crippen LogP contribution in [0, 0.1) is 0 Å². The molecule has 3 aromatic rings. The summed E-state index contributed by atoms with van der Waals surface area (Å²) in [6.07, 6.45) is 4.46. The molecule has 0 aliphatic carbocycles. The molecule has 0 radical (unpaired) electrons. The van der Waals surface area contributed by atoms with E-state index in [2.05, 4.69) is 20.4 Å². The van der Waals surface area contributed by atoms with E-state index < -0.39 is 0 Å². The van der Waals surface area contributed by atoms with Crippen LogP contribution in [0.3, 0.4) is 0 Å². The van der Waals surface area contributed by atoms with Crippen molar-refractivity contribution in [1.82, 2.24) is 25.1 Å². The summed E-state index contributed by atoms with van der Waals surface area (Å²) < 4.78 is 12.4. The highest BCUT2D eigenvalue weighted by atomic mass is 16.7. The van der Waals surface area contributed by atoms with E-state index >= 15 is 0 Å². The fourth-order valence-electron chi connectivity index (χ4n) is 3.84. The van der Waals surface area contributed by atoms with Gasteiger partial charge >= 0.3 is 0 Å². The lowest BCUT2D eigenvalue weighted by molar-refractivity contribution is -0.121. The second kappa shape index (κ2) is 8.17. The lowest BCUT2D eigenvalue weighted by atomic mass is 10.1. The Kier molecular flexibility index (Phi) is 5.08. The van der Waals surface area contributed by atoms with Gasteiger partial charge in [-0.2, -0.15) is 4.52 Å². The smallest absolute Gasteiger partial charge is 0.231 e. The summed E-state index contributed by atoms with van der Waals surface area (Å²) in [5.41, 5.74) is 1.67. The molecule has 2 aliphatic heterocycles. The molecule has 1 aromatic carbocycles. The normalized spacial score (nSPS) is 15.5. The number of ether oxygens (including phenoxy) is 2. The molecule has 5 rings (SSSR count). The molecule has 0 spiro atoms. The van der Waals surface area contributed by atoms with Gasteiger partial charge in [0.1, 0.15) is 5.82 Å². The molecule has 156 valence electrons. The minimum Gasteiger partial charge on any atom is -0.454 e. The first-order valence-corrected chi connectivity index (χ1v) is 10.4. The lowest BCUT2D eigenvalue weighted by Crippen LogP contribution is -2.30. The van der Waals surface area contributed by atoms with Gasteiger partial charge in [-0.25, -0.2) is 0 Å². The largest absolute Gasteiger partial charge is 0.454 e. The summed E-state index contributed by atoms with van der Waals surface area (Å²) in [4.78, 5) is 14.6. The summed E-state index contributed by atoms with van der Waals surface area (Å²) in [7, 11) is 0. The predicted octanol–water partition coefficient (Wildman–Crippen LogP) is 2.09. The maximum Gasteiger partial charge on any atom is 0.231 e. The van der Waals surface area contributed by atoms with Gasteiger partial charge in [-0.15, -0.1) is 15.3 Å². The Bertz CT molecular complexity index is 1060. The van der Waals surface area contributed by atoms with Crippen LogP contribution in [0.4, 0.5) is 5.82 Å². The van der Waals surface area contributed by atoms with Gasteiger partial charge in [-0.05, 0) is 49.1 Å². The van der Waals surface area contributed by atoms with Gasteiger partial charge in [0.05, 0.1) is 0 Å². The molecule has 0 bridgehead atoms. The van der Waals surface area contributed by atoms with Crippen molar-refractivity contribution in [3.05, 3.63) is 41.7 Å². The van der Waals surface area contributed by atoms with Gasteiger partial charge in [-0.1, -0.05) is 6.07 Å². The van der Waals surface area contributed by atoms with Crippen LogP contribution in [0.5, 0.6) is 11.5 Å². The van der Waals surface area contributed by atoms with Crippen molar-refractivity contribution >= 4 is 17.4 Å². The van der Waals surface area contributed by atoms with Crippen molar-refractivity contribution in [2.45, 2.75) is 38.6 Å². The number of carbonyl (C=O) groups excluding carboxylic acids is 1. The van der Waals surface area contributed by atoms with E-state index in [1.54, 1.807) is 4.52 Å². The van der Waals surface area contributed by atoms with Gasteiger partial charge in [0.15, 0.2) is 23.0 Å². The maximum absolute atomic E-state index is 12.3. The number of aryl methyl sites for hydroxylation is 1. The van der Waals surface area contributed by atoms with Crippen molar-refractivity contribution in [3.63, 3.8) is 0 Å². The molecule has 2 aromatic heterocycles. The molecule has 1 N–H and O–H groups in total. The average molecular weight is 408 g/mol. The van der Waals surface area contributed by atoms with Crippen LogP contribution in [-0.4, -0.2) is 45.6 Å². The van der Waals surface area contributed by atoms with E-state index in [1.165, 1.54) is 19.3 Å². The van der Waals surface area contributed by atoms with Crippen LogP contribution in [0.2, 0.25) is 0 Å². The van der Waals surface area contributed by atoms with E-state index in [1.807, 2.05) is 30.3 Å². The Labute approximate surface area is 174 Å². The Morgan fingerprint density at radius 2 is 1.90 bits per heavy atom. The number of nitrogens with zero attached hydrogens (tertiary/aromatic N) is 5. The second-order valence-corrected chi connectivity index (χ2v) is 7.59. The van der Waals surface area contributed by atoms with Crippen LogP contribution < -0.4 is 19.7 Å². The van der Waals surface area contributed by atoms with Gasteiger partial charge in [-0.3, -0.25) is 4.79 Å². The van der Waals surface area contributed by atoms with E-state index in [0.717, 1.165) is 30.2 Å². The Hall–Kier alpha value is -3.36. The zero-order valence-corrected chi connectivity index (χ0v) is 16.7. The van der Waals surface area contributed by atoms with Crippen LogP contribution in [0.1, 0.15) is 37.1 Å². The number of amides is 1. The minimum atomic E-state index is -0.0448. The first-order valence-electron chi connectivity index (χ1n) is 10.4. The molecule has 0 atom stereocenters. The molecule has 30 heavy (non-hydrogen) atoms. The van der Waals surface area contributed by atoms with E-state index in [9.17, 15) is 4.79 Å². The summed E-state index contributed by atoms with van der Waals surface area (Å²) in [6, 6.07) is 9.61. The first-order chi connectivity index (χ1) is 14.8. The van der Waals surface area contributed by atoms with Crippen molar-refractivity contribution < 1.29 is 14.3 Å². The third-order valence-electron chi connectivity index (χ3n) is 5.50. The van der Waals surface area contributed by atoms with Crippen LogP contribution >= 0.6 is 0 Å². The third-order valence-corrected chi connectivity index (χ3v) is 5.50. The summed E-state index contributed by atoms with van der Waals surface area (Å²) in [6.45, 7) is 2.73. The number of hydrogen-bond donors (Lipinski definition) is 1. The van der Waals surface area contributed by atoms with Crippen molar-refractivity contribution in [1.29, 1.82) is 0 Å². The molecule has 9 heteroatoms. The number of fused-ring (bicyclic) bond motifs is 2. The van der Waals surface area contributed by atoms with Crippen molar-refractivity contribution in [3.8, 4) is 11.5 Å². The monoisotopic (exact) mass is 408 g/mol. The number of hydrogen-bond acceptors (Lipinski definition) is 7. The highest BCUT2D eigenvalue weighted by Crippen LogP contribution is 2.32. The van der Waals surface area contributed by atoms with Crippen LogP contribution in [0.25, 0.3) is 5.65 Å². The van der Waals surface area contributed by atoms with Crippen molar-refractivity contribution in [2.75, 3.05) is 24.8 Å². The SMILES string of the molecule is O=C(CCc1nnc2ccc(N3CCCCC3)nn12)NCc1ccc2c(c1)OCO2. The molecule has 0 saturated carbocycles. The standard InChI is InChI=1S/C21H24N6O3/c28-21(22-13-15-4-5-16-17(12-15)30-14-29-16)9-8-19-24-23-18-6-7-20(25-27(18)19)26-10-2-1-3-11-26/h4-7,12H,1-3,8-11,13-14H2,(H,22,28). The van der Waals surface area contributed by atoms with E-state index in [4.69, 9.17) is 14.6 Å². The zero-order valence-electron chi connectivity index (χ0n) is 16.7. The van der Waals surface area contributed by atoms with Gasteiger partial charge < -0.3 is 19.7 Å². The quantitative estimate of drug-likeness (QED) is 0.667. The molecular formula is C21H24N6O3. The number of rotatable bonds is 6. The second-order valence-electron chi connectivity index (χ2n) is 7.59. The Morgan fingerprint density at radius 3 is 2.80 bits per heavy atom. The molecule has 0 unspecified atom stereocenters. The summed E-state index contributed by atoms with van der Waals surface area (Å²) >= 11 is 0. The minimum absolute atomic E-state index is 0.0448. The summed E-state index contributed by atoms with van der Waals surface area (Å²) in [5, 5.41) is 16.1. The fraction of sp³-hybridized carbons (Fsp3) is 0.429. The fourth-order valence-corrected chi connectivity index (χ4v) is 3.84. The van der Waals surface area contributed by atoms with Gasteiger partial charge in [0, 0.05) is 32.5 Å². The first kappa shape index (κ1) is 18.7. The third kappa shape index (κ3) is 3.87. The number of nitrogens with one attached hydrogen (secondary N) is 1. The highest BCUT2D eigenvalue weighted by Gasteiger charge is 2.16. The van der Waals surface area contributed by atoms with E-state index in [0.29, 0.717) is 36.6 Å². The lowest BCUT2D eigenvalue weighted by Gasteiger charge is -2.27.